The zero-order valence-corrected chi connectivity index (χ0v) is 31.7. The Hall–Kier alpha value is -5.91. The molecule has 1 heterocycles. The summed E-state index contributed by atoms with van der Waals surface area (Å²) >= 11 is 1.70. The number of hydrogen-bond acceptors (Lipinski definition) is 7. The fourth-order valence-electron chi connectivity index (χ4n) is 6.36. The van der Waals surface area contributed by atoms with E-state index in [1.165, 1.54) is 6.92 Å². The second-order valence-electron chi connectivity index (χ2n) is 13.4. The Kier molecular flexibility index (Phi) is 12.8. The van der Waals surface area contributed by atoms with E-state index in [4.69, 9.17) is 14.2 Å². The number of thioether (sulfide) groups is 1. The minimum absolute atomic E-state index is 0.0186. The second-order valence-corrected chi connectivity index (χ2v) is 14.5. The number of urea groups is 1. The Labute approximate surface area is 331 Å². The first-order valence-corrected chi connectivity index (χ1v) is 19.4. The minimum atomic E-state index is -0.605. The molecule has 0 aliphatic carbocycles. The number of para-hydroxylation sites is 1. The lowest BCUT2D eigenvalue weighted by Crippen LogP contribution is -2.31. The third kappa shape index (κ3) is 10.6. The molecule has 0 saturated carbocycles. The summed E-state index contributed by atoms with van der Waals surface area (Å²) in [5.41, 5.74) is 7.14. The average molecular weight is 766 g/mol. The van der Waals surface area contributed by atoms with Crippen molar-refractivity contribution in [2.24, 2.45) is 0 Å². The molecule has 9 nitrogen and oxygen atoms in total. The van der Waals surface area contributed by atoms with Gasteiger partial charge in [-0.25, -0.2) is 4.79 Å². The van der Waals surface area contributed by atoms with Gasteiger partial charge in [0, 0.05) is 47.5 Å². The Balaban J connectivity index is 0.999. The minimum Gasteiger partial charge on any atom is -0.457 e. The second kappa shape index (κ2) is 18.6. The number of ether oxygens (including phenoxy) is 3. The number of carbonyl (C=O) groups excluding carboxylic acids is 2. The van der Waals surface area contributed by atoms with E-state index in [0.29, 0.717) is 30.2 Å². The van der Waals surface area contributed by atoms with E-state index in [-0.39, 0.29) is 30.8 Å². The molecule has 284 valence electrons. The Morgan fingerprint density at radius 3 is 2.11 bits per heavy atom. The Morgan fingerprint density at radius 1 is 0.696 bits per heavy atom. The standard InChI is InChI=1S/C46H43N3O6S/c1-31(51)48-38-19-23-43(24-20-38)56-30-42-27-44(34-15-13-32(29-50)14-16-34)55-45(54-42)37-10-6-9-36(26-37)35-8-5-7-33(25-35)28-47-46(52)49-39-17-21-41(22-18-39)53-40-11-3-2-4-12-40/h2-26,42,44-45,50H,27-30H2,1H3,(H,48,51)(H2,47,49,52)/t42-,44+,45+/m1/s1. The predicted octanol–water partition coefficient (Wildman–Crippen LogP) is 10.3. The van der Waals surface area contributed by atoms with E-state index in [9.17, 15) is 14.7 Å². The number of benzene rings is 6. The van der Waals surface area contributed by atoms with Crippen molar-refractivity contribution >= 4 is 35.1 Å². The van der Waals surface area contributed by atoms with Crippen LogP contribution in [-0.2, 0) is 27.4 Å². The number of aliphatic hydroxyl groups excluding tert-OH is 1. The van der Waals surface area contributed by atoms with Crippen molar-refractivity contribution in [1.82, 2.24) is 5.32 Å². The Morgan fingerprint density at radius 2 is 1.38 bits per heavy atom. The number of rotatable bonds is 13. The van der Waals surface area contributed by atoms with Crippen molar-refractivity contribution in [2.75, 3.05) is 16.4 Å². The monoisotopic (exact) mass is 765 g/mol. The molecule has 0 aromatic heterocycles. The molecule has 1 saturated heterocycles. The smallest absolute Gasteiger partial charge is 0.319 e. The van der Waals surface area contributed by atoms with E-state index in [2.05, 4.69) is 34.1 Å². The molecule has 1 fully saturated rings. The molecule has 4 N–H and O–H groups in total. The highest BCUT2D eigenvalue weighted by atomic mass is 32.2. The van der Waals surface area contributed by atoms with Crippen molar-refractivity contribution in [3.63, 3.8) is 0 Å². The molecule has 0 unspecified atom stereocenters. The number of anilines is 2. The van der Waals surface area contributed by atoms with E-state index >= 15 is 0 Å². The van der Waals surface area contributed by atoms with Gasteiger partial charge in [0.15, 0.2) is 6.29 Å². The van der Waals surface area contributed by atoms with Gasteiger partial charge in [0.2, 0.25) is 5.91 Å². The molecule has 56 heavy (non-hydrogen) atoms. The van der Waals surface area contributed by atoms with Gasteiger partial charge in [-0.2, -0.15) is 0 Å². The van der Waals surface area contributed by atoms with Crippen molar-refractivity contribution in [3.05, 3.63) is 174 Å². The third-order valence-electron chi connectivity index (χ3n) is 9.19. The van der Waals surface area contributed by atoms with E-state index in [1.54, 1.807) is 23.9 Å². The van der Waals surface area contributed by atoms with Gasteiger partial charge >= 0.3 is 6.03 Å². The molecule has 10 heteroatoms. The largest absolute Gasteiger partial charge is 0.457 e. The summed E-state index contributed by atoms with van der Waals surface area (Å²) in [7, 11) is 0. The zero-order chi connectivity index (χ0) is 38.7. The van der Waals surface area contributed by atoms with Gasteiger partial charge in [-0.1, -0.05) is 78.9 Å². The average Bonchev–Trinajstić information content (AvgIpc) is 3.23. The van der Waals surface area contributed by atoms with Crippen LogP contribution in [0.2, 0.25) is 0 Å². The topological polar surface area (TPSA) is 118 Å². The third-order valence-corrected chi connectivity index (χ3v) is 10.3. The lowest BCUT2D eigenvalue weighted by molar-refractivity contribution is -0.245. The first-order valence-electron chi connectivity index (χ1n) is 18.4. The van der Waals surface area contributed by atoms with E-state index < -0.39 is 6.29 Å². The molecule has 3 amide bonds. The Bertz CT molecular complexity index is 2220. The lowest BCUT2D eigenvalue weighted by Gasteiger charge is -2.36. The summed E-state index contributed by atoms with van der Waals surface area (Å²) < 4.78 is 19.1. The first kappa shape index (κ1) is 38.4. The number of amides is 3. The van der Waals surface area contributed by atoms with Gasteiger partial charge in [-0.05, 0) is 101 Å². The highest BCUT2D eigenvalue weighted by Crippen LogP contribution is 2.40. The highest BCUT2D eigenvalue weighted by molar-refractivity contribution is 7.99. The normalized spacial score (nSPS) is 16.4. The van der Waals surface area contributed by atoms with Crippen LogP contribution in [0.15, 0.2) is 157 Å². The molecule has 6 aromatic carbocycles. The predicted molar refractivity (Wildman–Crippen MR) is 221 cm³/mol. The van der Waals surface area contributed by atoms with Crippen LogP contribution in [0.4, 0.5) is 16.2 Å². The lowest BCUT2D eigenvalue weighted by atomic mass is 9.99. The first-order chi connectivity index (χ1) is 27.4. The van der Waals surface area contributed by atoms with Crippen molar-refractivity contribution in [1.29, 1.82) is 0 Å². The summed E-state index contributed by atoms with van der Waals surface area (Å²) in [5.74, 6) is 2.03. The van der Waals surface area contributed by atoms with E-state index in [1.807, 2.05) is 121 Å². The molecule has 1 aliphatic heterocycles. The molecular formula is C46H43N3O6S. The van der Waals surface area contributed by atoms with Gasteiger partial charge in [-0.3, -0.25) is 4.79 Å². The SMILES string of the molecule is CC(=O)Nc1ccc(SC[C@H]2C[C@@H](c3ccc(CO)cc3)O[C@@H](c3cccc(-c4cccc(CNC(=O)Nc5ccc(Oc6ccccc6)cc5)c4)c3)O2)cc1. The van der Waals surface area contributed by atoms with Gasteiger partial charge in [-0.15, -0.1) is 11.8 Å². The van der Waals surface area contributed by atoms with Crippen LogP contribution in [-0.4, -0.2) is 28.9 Å². The van der Waals surface area contributed by atoms with Gasteiger partial charge in [0.05, 0.1) is 18.8 Å². The molecule has 0 radical (unpaired) electrons. The van der Waals surface area contributed by atoms with Gasteiger partial charge < -0.3 is 35.3 Å². The molecule has 0 spiro atoms. The van der Waals surface area contributed by atoms with Crippen LogP contribution in [0.25, 0.3) is 11.1 Å². The van der Waals surface area contributed by atoms with Gasteiger partial charge in [0.25, 0.3) is 0 Å². The molecule has 1 aliphatic rings. The van der Waals surface area contributed by atoms with Crippen molar-refractivity contribution < 1.29 is 28.9 Å². The summed E-state index contributed by atoms with van der Waals surface area (Å²) in [6.45, 7) is 1.82. The maximum absolute atomic E-state index is 12.8. The van der Waals surface area contributed by atoms with Crippen LogP contribution in [0.3, 0.4) is 0 Å². The molecule has 7 rings (SSSR count). The van der Waals surface area contributed by atoms with Crippen LogP contribution in [0.1, 0.15) is 48.0 Å². The van der Waals surface area contributed by atoms with Crippen LogP contribution in [0.5, 0.6) is 11.5 Å². The summed E-state index contributed by atoms with van der Waals surface area (Å²) in [5, 5.41) is 18.3. The summed E-state index contributed by atoms with van der Waals surface area (Å²) in [6, 6.07) is 48.4. The number of carbonyl (C=O) groups is 2. The molecule has 6 aromatic rings. The summed E-state index contributed by atoms with van der Waals surface area (Å²) in [4.78, 5) is 25.3. The fourth-order valence-corrected chi connectivity index (χ4v) is 7.29. The maximum atomic E-state index is 12.8. The number of nitrogens with one attached hydrogen (secondary N) is 3. The number of aliphatic hydroxyl groups is 1. The number of hydrogen-bond donors (Lipinski definition) is 4. The molecular weight excluding hydrogens is 723 g/mol. The molecule has 3 atom stereocenters. The van der Waals surface area contributed by atoms with E-state index in [0.717, 1.165) is 49.7 Å². The quantitative estimate of drug-likeness (QED) is 0.0865. The summed E-state index contributed by atoms with van der Waals surface area (Å²) in [6.07, 6.45) is -0.256. The fraction of sp³-hybridized carbons (Fsp3) is 0.174. The van der Waals surface area contributed by atoms with Gasteiger partial charge in [0.1, 0.15) is 11.5 Å². The van der Waals surface area contributed by atoms with Crippen molar-refractivity contribution in [2.45, 2.75) is 49.9 Å². The van der Waals surface area contributed by atoms with Crippen LogP contribution in [0, 0.1) is 0 Å². The van der Waals surface area contributed by atoms with Crippen LogP contribution < -0.4 is 20.7 Å². The molecule has 0 bridgehead atoms. The van der Waals surface area contributed by atoms with Crippen LogP contribution >= 0.6 is 11.8 Å². The zero-order valence-electron chi connectivity index (χ0n) is 30.9. The maximum Gasteiger partial charge on any atom is 0.319 e. The highest BCUT2D eigenvalue weighted by Gasteiger charge is 2.32. The van der Waals surface area contributed by atoms with Crippen molar-refractivity contribution in [3.8, 4) is 22.6 Å².